The van der Waals surface area contributed by atoms with Crippen molar-refractivity contribution in [2.45, 2.75) is 30.4 Å². The first-order valence-electron chi connectivity index (χ1n) is 5.78. The Morgan fingerprint density at radius 2 is 2.22 bits per heavy atom. The zero-order valence-electron chi connectivity index (χ0n) is 10.7. The van der Waals surface area contributed by atoms with Crippen LogP contribution in [0.3, 0.4) is 0 Å². The number of aromatic nitrogens is 2. The summed E-state index contributed by atoms with van der Waals surface area (Å²) in [6.45, 7) is 4.09. The monoisotopic (exact) mass is 264 g/mol. The highest BCUT2D eigenvalue weighted by molar-refractivity contribution is 7.98. The van der Waals surface area contributed by atoms with Gasteiger partial charge in [0.1, 0.15) is 5.75 Å². The Balaban J connectivity index is 1.97. The van der Waals surface area contributed by atoms with Crippen molar-refractivity contribution in [3.8, 4) is 5.75 Å². The highest BCUT2D eigenvalue weighted by atomic mass is 32.2. The molecule has 2 rings (SSSR count). The molecule has 0 unspecified atom stereocenters. The SMILES string of the molecule is COc1cccc(SCc2nc(C(C)C)no2)c1. The molecule has 0 spiro atoms. The summed E-state index contributed by atoms with van der Waals surface area (Å²) in [6.07, 6.45) is 0. The van der Waals surface area contributed by atoms with Gasteiger partial charge in [-0.15, -0.1) is 11.8 Å². The minimum Gasteiger partial charge on any atom is -0.497 e. The van der Waals surface area contributed by atoms with Crippen LogP contribution in [0.5, 0.6) is 5.75 Å². The molecular weight excluding hydrogens is 248 g/mol. The molecule has 0 radical (unpaired) electrons. The first-order valence-corrected chi connectivity index (χ1v) is 6.77. The van der Waals surface area contributed by atoms with Crippen molar-refractivity contribution in [3.63, 3.8) is 0 Å². The van der Waals surface area contributed by atoms with Gasteiger partial charge in [0.15, 0.2) is 5.82 Å². The quantitative estimate of drug-likeness (QED) is 0.774. The Labute approximate surface area is 111 Å². The lowest BCUT2D eigenvalue weighted by atomic mass is 10.2. The van der Waals surface area contributed by atoms with Crippen LogP contribution in [0.15, 0.2) is 33.7 Å². The van der Waals surface area contributed by atoms with Gasteiger partial charge in [-0.1, -0.05) is 25.1 Å². The third-order valence-corrected chi connectivity index (χ3v) is 3.38. The Hall–Kier alpha value is -1.49. The predicted molar refractivity (Wildman–Crippen MR) is 70.9 cm³/mol. The molecular formula is C13H16N2O2S. The van der Waals surface area contributed by atoms with E-state index < -0.39 is 0 Å². The van der Waals surface area contributed by atoms with Crippen molar-refractivity contribution in [2.24, 2.45) is 0 Å². The summed E-state index contributed by atoms with van der Waals surface area (Å²) in [5.41, 5.74) is 0. The maximum Gasteiger partial charge on any atom is 0.237 e. The molecule has 0 saturated heterocycles. The smallest absolute Gasteiger partial charge is 0.237 e. The first-order chi connectivity index (χ1) is 8.69. The van der Waals surface area contributed by atoms with Crippen LogP contribution in [0, 0.1) is 0 Å². The molecule has 0 fully saturated rings. The van der Waals surface area contributed by atoms with Crippen LogP contribution in [0.4, 0.5) is 0 Å². The largest absolute Gasteiger partial charge is 0.497 e. The molecule has 1 heterocycles. The number of methoxy groups -OCH3 is 1. The Morgan fingerprint density at radius 1 is 1.39 bits per heavy atom. The second kappa shape index (κ2) is 5.91. The third-order valence-electron chi connectivity index (χ3n) is 2.40. The van der Waals surface area contributed by atoms with E-state index in [0.29, 0.717) is 17.6 Å². The van der Waals surface area contributed by atoms with E-state index in [9.17, 15) is 0 Å². The lowest BCUT2D eigenvalue weighted by Crippen LogP contribution is -1.90. The van der Waals surface area contributed by atoms with E-state index in [2.05, 4.69) is 10.1 Å². The molecule has 2 aromatic rings. The van der Waals surface area contributed by atoms with Crippen molar-refractivity contribution >= 4 is 11.8 Å². The maximum atomic E-state index is 5.19. The van der Waals surface area contributed by atoms with E-state index in [4.69, 9.17) is 9.26 Å². The molecule has 0 aliphatic rings. The third kappa shape index (κ3) is 3.26. The maximum absolute atomic E-state index is 5.19. The van der Waals surface area contributed by atoms with E-state index >= 15 is 0 Å². The van der Waals surface area contributed by atoms with Gasteiger partial charge in [0.2, 0.25) is 5.89 Å². The van der Waals surface area contributed by atoms with Crippen LogP contribution in [0.25, 0.3) is 0 Å². The van der Waals surface area contributed by atoms with Gasteiger partial charge in [0.05, 0.1) is 12.9 Å². The predicted octanol–water partition coefficient (Wildman–Crippen LogP) is 3.49. The molecule has 5 heteroatoms. The van der Waals surface area contributed by atoms with Crippen LogP contribution in [0.2, 0.25) is 0 Å². The van der Waals surface area contributed by atoms with Crippen molar-refractivity contribution in [3.05, 3.63) is 36.0 Å². The van der Waals surface area contributed by atoms with Crippen molar-refractivity contribution < 1.29 is 9.26 Å². The van der Waals surface area contributed by atoms with Crippen molar-refractivity contribution in [1.29, 1.82) is 0 Å². The lowest BCUT2D eigenvalue weighted by molar-refractivity contribution is 0.383. The zero-order valence-corrected chi connectivity index (χ0v) is 11.5. The fourth-order valence-electron chi connectivity index (χ4n) is 1.40. The van der Waals surface area contributed by atoms with E-state index in [0.717, 1.165) is 16.5 Å². The molecule has 0 saturated carbocycles. The van der Waals surface area contributed by atoms with E-state index in [1.54, 1.807) is 18.9 Å². The second-order valence-corrected chi connectivity index (χ2v) is 5.22. The number of nitrogens with zero attached hydrogens (tertiary/aromatic N) is 2. The molecule has 0 aliphatic heterocycles. The normalized spacial score (nSPS) is 10.9. The Morgan fingerprint density at radius 3 is 2.89 bits per heavy atom. The molecule has 18 heavy (non-hydrogen) atoms. The average Bonchev–Trinajstić information content (AvgIpc) is 2.85. The highest BCUT2D eigenvalue weighted by Crippen LogP contribution is 2.25. The van der Waals surface area contributed by atoms with Gasteiger partial charge in [0.25, 0.3) is 0 Å². The van der Waals surface area contributed by atoms with Crippen LogP contribution < -0.4 is 4.74 Å². The average molecular weight is 264 g/mol. The molecule has 1 aromatic heterocycles. The summed E-state index contributed by atoms with van der Waals surface area (Å²) >= 11 is 1.65. The summed E-state index contributed by atoms with van der Waals surface area (Å²) in [6, 6.07) is 7.92. The summed E-state index contributed by atoms with van der Waals surface area (Å²) < 4.78 is 10.4. The number of hydrogen-bond acceptors (Lipinski definition) is 5. The van der Waals surface area contributed by atoms with Gasteiger partial charge in [-0.2, -0.15) is 4.98 Å². The van der Waals surface area contributed by atoms with Crippen LogP contribution in [-0.2, 0) is 5.75 Å². The van der Waals surface area contributed by atoms with Crippen molar-refractivity contribution in [2.75, 3.05) is 7.11 Å². The van der Waals surface area contributed by atoms with Crippen LogP contribution >= 0.6 is 11.8 Å². The minimum atomic E-state index is 0.296. The van der Waals surface area contributed by atoms with Gasteiger partial charge in [-0.3, -0.25) is 0 Å². The molecule has 0 aliphatic carbocycles. The van der Waals surface area contributed by atoms with Gasteiger partial charge in [0, 0.05) is 10.8 Å². The van der Waals surface area contributed by atoms with Gasteiger partial charge in [-0.05, 0) is 18.2 Å². The molecule has 0 amide bonds. The topological polar surface area (TPSA) is 48.2 Å². The fourth-order valence-corrected chi connectivity index (χ4v) is 2.18. The number of benzene rings is 1. The molecule has 0 bridgehead atoms. The highest BCUT2D eigenvalue weighted by Gasteiger charge is 2.09. The fraction of sp³-hybridized carbons (Fsp3) is 0.385. The number of rotatable bonds is 5. The molecule has 1 aromatic carbocycles. The van der Waals surface area contributed by atoms with Crippen molar-refractivity contribution in [1.82, 2.24) is 10.1 Å². The van der Waals surface area contributed by atoms with Crippen LogP contribution in [0.1, 0.15) is 31.5 Å². The van der Waals surface area contributed by atoms with E-state index in [-0.39, 0.29) is 0 Å². The second-order valence-electron chi connectivity index (χ2n) is 4.17. The number of ether oxygens (including phenoxy) is 1. The number of thioether (sulfide) groups is 1. The summed E-state index contributed by atoms with van der Waals surface area (Å²) in [5, 5.41) is 3.94. The number of hydrogen-bond donors (Lipinski definition) is 0. The summed E-state index contributed by atoms with van der Waals surface area (Å²) in [5.74, 6) is 3.24. The zero-order chi connectivity index (χ0) is 13.0. The van der Waals surface area contributed by atoms with Gasteiger partial charge in [-0.25, -0.2) is 0 Å². The lowest BCUT2D eigenvalue weighted by Gasteiger charge is -2.02. The summed E-state index contributed by atoms with van der Waals surface area (Å²) in [4.78, 5) is 5.46. The minimum absolute atomic E-state index is 0.296. The molecule has 4 nitrogen and oxygen atoms in total. The van der Waals surface area contributed by atoms with E-state index in [1.165, 1.54) is 0 Å². The van der Waals surface area contributed by atoms with Gasteiger partial charge >= 0.3 is 0 Å². The Kier molecular flexibility index (Phi) is 4.25. The van der Waals surface area contributed by atoms with Gasteiger partial charge < -0.3 is 9.26 Å². The van der Waals surface area contributed by atoms with Crippen LogP contribution in [-0.4, -0.2) is 17.3 Å². The molecule has 0 atom stereocenters. The molecule has 0 N–H and O–H groups in total. The first kappa shape index (κ1) is 13.0. The Bertz CT molecular complexity index is 511. The molecule has 96 valence electrons. The standard InChI is InChI=1S/C13H16N2O2S/c1-9(2)13-14-12(17-15-13)8-18-11-6-4-5-10(7-11)16-3/h4-7,9H,8H2,1-3H3. The van der Waals surface area contributed by atoms with E-state index in [1.807, 2.05) is 38.1 Å². The summed E-state index contributed by atoms with van der Waals surface area (Å²) in [7, 11) is 1.66.